The fraction of sp³-hybridized carbons (Fsp3) is 0.217. The van der Waals surface area contributed by atoms with Crippen LogP contribution in [0.2, 0.25) is 0 Å². The zero-order valence-electron chi connectivity index (χ0n) is 16.3. The largest absolute Gasteiger partial charge is 0.493 e. The van der Waals surface area contributed by atoms with E-state index in [1.165, 1.54) is 0 Å². The van der Waals surface area contributed by atoms with Gasteiger partial charge in [-0.2, -0.15) is 5.10 Å². The maximum Gasteiger partial charge on any atom is 0.231 e. The molecule has 7 heteroatoms. The fourth-order valence-corrected chi connectivity index (χ4v) is 4.24. The second-order valence-corrected chi connectivity index (χ2v) is 7.34. The number of hydrazone groups is 1. The minimum atomic E-state index is -0.367. The molecule has 7 nitrogen and oxygen atoms in total. The molecule has 0 fully saturated rings. The van der Waals surface area contributed by atoms with Crippen molar-refractivity contribution in [1.29, 1.82) is 0 Å². The number of hydrogen-bond donors (Lipinski definition) is 0. The van der Waals surface area contributed by atoms with Gasteiger partial charge in [0.1, 0.15) is 0 Å². The van der Waals surface area contributed by atoms with E-state index in [0.717, 1.165) is 51.8 Å². The normalized spacial score (nSPS) is 20.8. The summed E-state index contributed by atoms with van der Waals surface area (Å²) in [4.78, 5) is 4.14. The molecule has 0 saturated carbocycles. The monoisotopic (exact) mass is 401 g/mol. The van der Waals surface area contributed by atoms with Crippen molar-refractivity contribution in [3.63, 3.8) is 0 Å². The van der Waals surface area contributed by atoms with E-state index in [1.54, 1.807) is 19.5 Å². The van der Waals surface area contributed by atoms with Gasteiger partial charge in [0, 0.05) is 35.5 Å². The molecule has 3 aliphatic heterocycles. The fourth-order valence-electron chi connectivity index (χ4n) is 4.24. The van der Waals surface area contributed by atoms with Gasteiger partial charge < -0.3 is 18.9 Å². The summed E-state index contributed by atoms with van der Waals surface area (Å²) >= 11 is 0. The summed E-state index contributed by atoms with van der Waals surface area (Å²) in [5.41, 5.74) is 4.06. The lowest BCUT2D eigenvalue weighted by Gasteiger charge is -2.38. The lowest BCUT2D eigenvalue weighted by Crippen LogP contribution is -2.33. The third kappa shape index (κ3) is 2.58. The molecule has 6 rings (SSSR count). The highest BCUT2D eigenvalue weighted by Gasteiger charge is 2.42. The molecule has 2 aromatic carbocycles. The van der Waals surface area contributed by atoms with E-state index in [4.69, 9.17) is 24.0 Å². The molecule has 0 unspecified atom stereocenters. The first-order valence-electron chi connectivity index (χ1n) is 9.81. The molecular formula is C23H19N3O4. The van der Waals surface area contributed by atoms with Gasteiger partial charge in [0.2, 0.25) is 13.0 Å². The first-order chi connectivity index (χ1) is 14.8. The number of rotatable bonds is 3. The highest BCUT2D eigenvalue weighted by molar-refractivity contribution is 6.02. The van der Waals surface area contributed by atoms with Gasteiger partial charge in [0.15, 0.2) is 23.0 Å². The highest BCUT2D eigenvalue weighted by atomic mass is 16.7. The van der Waals surface area contributed by atoms with Gasteiger partial charge in [-0.3, -0.25) is 4.98 Å². The molecule has 150 valence electrons. The molecule has 0 bridgehead atoms. The van der Waals surface area contributed by atoms with Crippen molar-refractivity contribution in [1.82, 2.24) is 9.99 Å². The summed E-state index contributed by atoms with van der Waals surface area (Å²) in [6.45, 7) is 0.255. The number of benzene rings is 2. The summed E-state index contributed by atoms with van der Waals surface area (Å²) in [6.07, 6.45) is 3.92. The summed E-state index contributed by atoms with van der Waals surface area (Å²) in [7, 11) is 1.66. The number of pyridine rings is 1. The van der Waals surface area contributed by atoms with Gasteiger partial charge in [-0.25, -0.2) is 5.01 Å². The second-order valence-electron chi connectivity index (χ2n) is 7.34. The maximum atomic E-state index is 6.43. The Labute approximate surface area is 173 Å². The van der Waals surface area contributed by atoms with Crippen LogP contribution in [0.4, 0.5) is 0 Å². The Morgan fingerprint density at radius 3 is 2.77 bits per heavy atom. The van der Waals surface area contributed by atoms with Crippen LogP contribution in [0.1, 0.15) is 35.4 Å². The molecule has 0 saturated heterocycles. The molecule has 3 aromatic rings. The number of aromatic nitrogens is 1. The van der Waals surface area contributed by atoms with Gasteiger partial charge in [0.25, 0.3) is 0 Å². The molecule has 0 spiro atoms. The number of para-hydroxylation sites is 1. The van der Waals surface area contributed by atoms with Crippen molar-refractivity contribution in [2.24, 2.45) is 5.10 Å². The van der Waals surface area contributed by atoms with Crippen molar-refractivity contribution in [2.75, 3.05) is 13.9 Å². The molecule has 4 heterocycles. The first-order valence-corrected chi connectivity index (χ1v) is 9.81. The van der Waals surface area contributed by atoms with Crippen LogP contribution in [-0.2, 0) is 0 Å². The zero-order valence-corrected chi connectivity index (χ0v) is 16.3. The van der Waals surface area contributed by atoms with E-state index in [-0.39, 0.29) is 19.1 Å². The lowest BCUT2D eigenvalue weighted by atomic mass is 9.95. The van der Waals surface area contributed by atoms with Crippen LogP contribution in [0.3, 0.4) is 0 Å². The predicted octanol–water partition coefficient (Wildman–Crippen LogP) is 4.06. The molecule has 0 radical (unpaired) electrons. The Bertz CT molecular complexity index is 1150. The Morgan fingerprint density at radius 2 is 1.90 bits per heavy atom. The van der Waals surface area contributed by atoms with Crippen LogP contribution >= 0.6 is 0 Å². The molecule has 0 N–H and O–H groups in total. The predicted molar refractivity (Wildman–Crippen MR) is 109 cm³/mol. The van der Waals surface area contributed by atoms with E-state index < -0.39 is 0 Å². The second kappa shape index (κ2) is 6.66. The van der Waals surface area contributed by atoms with Gasteiger partial charge >= 0.3 is 0 Å². The van der Waals surface area contributed by atoms with Crippen molar-refractivity contribution in [2.45, 2.75) is 18.7 Å². The molecule has 0 aliphatic carbocycles. The van der Waals surface area contributed by atoms with Crippen molar-refractivity contribution in [3.05, 3.63) is 77.6 Å². The zero-order chi connectivity index (χ0) is 20.1. The van der Waals surface area contributed by atoms with Crippen molar-refractivity contribution in [3.8, 4) is 23.0 Å². The third-order valence-corrected chi connectivity index (χ3v) is 5.70. The van der Waals surface area contributed by atoms with E-state index in [0.29, 0.717) is 0 Å². The van der Waals surface area contributed by atoms with Gasteiger partial charge in [-0.05, 0) is 36.4 Å². The SMILES string of the molecule is COc1cccc2c1O[C@H](c1ccncc1)N1N=C(c3ccc4c(c3)OCO4)C[C@@H]21. The van der Waals surface area contributed by atoms with Crippen LogP contribution in [0, 0.1) is 0 Å². The summed E-state index contributed by atoms with van der Waals surface area (Å²) in [5.74, 6) is 3.01. The van der Waals surface area contributed by atoms with E-state index in [1.807, 2.05) is 47.5 Å². The van der Waals surface area contributed by atoms with Crippen LogP contribution in [0.5, 0.6) is 23.0 Å². The topological polar surface area (TPSA) is 65.4 Å². The summed E-state index contributed by atoms with van der Waals surface area (Å²) < 4.78 is 23.0. The van der Waals surface area contributed by atoms with Gasteiger partial charge in [0.05, 0.1) is 18.9 Å². The smallest absolute Gasteiger partial charge is 0.231 e. The maximum absolute atomic E-state index is 6.43. The van der Waals surface area contributed by atoms with E-state index >= 15 is 0 Å². The van der Waals surface area contributed by atoms with E-state index in [9.17, 15) is 0 Å². The van der Waals surface area contributed by atoms with Crippen LogP contribution < -0.4 is 18.9 Å². The van der Waals surface area contributed by atoms with Crippen LogP contribution in [0.25, 0.3) is 0 Å². The minimum absolute atomic E-state index is 0.0439. The molecule has 1 aromatic heterocycles. The summed E-state index contributed by atoms with van der Waals surface area (Å²) in [5, 5.41) is 7.02. The molecule has 0 amide bonds. The molecule has 3 aliphatic rings. The molecular weight excluding hydrogens is 382 g/mol. The quantitative estimate of drug-likeness (QED) is 0.659. The van der Waals surface area contributed by atoms with Gasteiger partial charge in [-0.1, -0.05) is 12.1 Å². The van der Waals surface area contributed by atoms with Crippen molar-refractivity contribution < 1.29 is 18.9 Å². The average Bonchev–Trinajstić information content (AvgIpc) is 3.45. The Morgan fingerprint density at radius 1 is 1.03 bits per heavy atom. The molecule has 2 atom stereocenters. The minimum Gasteiger partial charge on any atom is -0.493 e. The molecule has 30 heavy (non-hydrogen) atoms. The first kappa shape index (κ1) is 17.1. The van der Waals surface area contributed by atoms with Crippen molar-refractivity contribution >= 4 is 5.71 Å². The Kier molecular flexibility index (Phi) is 3.80. The lowest BCUT2D eigenvalue weighted by molar-refractivity contribution is -0.0209. The standard InChI is InChI=1S/C23H19N3O4/c1-27-20-4-2-3-16-18-12-17(15-5-6-19-21(11-15)29-13-28-19)25-26(18)23(30-22(16)20)14-7-9-24-10-8-14/h2-11,18,23H,12-13H2,1H3/t18-,23+/m0/s1. The van der Waals surface area contributed by atoms with Crippen LogP contribution in [0.15, 0.2) is 66.0 Å². The number of fused-ring (bicyclic) bond motifs is 4. The number of hydrogen-bond acceptors (Lipinski definition) is 7. The number of ether oxygens (including phenoxy) is 4. The Hall–Kier alpha value is -3.74. The number of methoxy groups -OCH3 is 1. The highest BCUT2D eigenvalue weighted by Crippen LogP contribution is 2.50. The third-order valence-electron chi connectivity index (χ3n) is 5.70. The average molecular weight is 401 g/mol. The number of nitrogens with zero attached hydrogens (tertiary/aromatic N) is 3. The van der Waals surface area contributed by atoms with Gasteiger partial charge in [-0.15, -0.1) is 0 Å². The summed E-state index contributed by atoms with van der Waals surface area (Å²) in [6, 6.07) is 15.9. The van der Waals surface area contributed by atoms with E-state index in [2.05, 4.69) is 11.1 Å². The Balaban J connectivity index is 1.45. The van der Waals surface area contributed by atoms with Crippen LogP contribution in [-0.4, -0.2) is 29.6 Å².